The van der Waals surface area contributed by atoms with E-state index in [-0.39, 0.29) is 13.1 Å². The van der Waals surface area contributed by atoms with Gasteiger partial charge in [0.1, 0.15) is 6.04 Å². The number of hydrogen-bond acceptors (Lipinski definition) is 3. The zero-order chi connectivity index (χ0) is 17.9. The first kappa shape index (κ1) is 18.5. The Morgan fingerprint density at radius 3 is 2.21 bits per heavy atom. The van der Waals surface area contributed by atoms with Crippen LogP contribution in [-0.4, -0.2) is 55.7 Å². The van der Waals surface area contributed by atoms with Crippen LogP contribution in [0, 0.1) is 17.5 Å². The van der Waals surface area contributed by atoms with E-state index in [2.05, 4.69) is 5.32 Å². The predicted molar refractivity (Wildman–Crippen MR) is 72.9 cm³/mol. The van der Waals surface area contributed by atoms with Crippen molar-refractivity contribution in [2.45, 2.75) is 12.2 Å². The van der Waals surface area contributed by atoms with Gasteiger partial charge < -0.3 is 10.6 Å². The highest BCUT2D eigenvalue weighted by Crippen LogP contribution is 2.25. The molecule has 0 saturated carbocycles. The van der Waals surface area contributed by atoms with Crippen LogP contribution in [0.2, 0.25) is 0 Å². The number of nitrogens with one attached hydrogen (secondary N) is 2. The molecule has 0 spiro atoms. The minimum absolute atomic E-state index is 0.153. The van der Waals surface area contributed by atoms with Gasteiger partial charge in [0.15, 0.2) is 17.5 Å². The lowest BCUT2D eigenvalue weighted by molar-refractivity contribution is -0.183. The highest BCUT2D eigenvalue weighted by Gasteiger charge is 2.43. The third-order valence-electron chi connectivity index (χ3n) is 3.67. The van der Waals surface area contributed by atoms with E-state index in [9.17, 15) is 31.1 Å². The molecule has 1 aliphatic rings. The number of rotatable bonds is 4. The zero-order valence-corrected chi connectivity index (χ0v) is 12.4. The van der Waals surface area contributed by atoms with Gasteiger partial charge in [-0.25, -0.2) is 13.2 Å². The summed E-state index contributed by atoms with van der Waals surface area (Å²) < 4.78 is 78.5. The van der Waals surface area contributed by atoms with Gasteiger partial charge >= 0.3 is 6.18 Å². The minimum Gasteiger partial charge on any atom is -0.350 e. The molecule has 1 aromatic carbocycles. The summed E-state index contributed by atoms with van der Waals surface area (Å²) in [7, 11) is 0. The Balaban J connectivity index is 2.07. The molecule has 2 rings (SSSR count). The molecule has 0 bridgehead atoms. The van der Waals surface area contributed by atoms with Crippen molar-refractivity contribution in [3.63, 3.8) is 0 Å². The van der Waals surface area contributed by atoms with Crippen LogP contribution < -0.4 is 10.6 Å². The average Bonchev–Trinajstić information content (AvgIpc) is 2.51. The van der Waals surface area contributed by atoms with Crippen LogP contribution >= 0.6 is 0 Å². The molecule has 1 atom stereocenters. The summed E-state index contributed by atoms with van der Waals surface area (Å²) in [5.41, 5.74) is -0.590. The molecule has 10 heteroatoms. The largest absolute Gasteiger partial charge is 0.405 e. The maximum atomic E-state index is 13.2. The third-order valence-corrected chi connectivity index (χ3v) is 3.67. The molecule has 1 amide bonds. The first-order valence-corrected chi connectivity index (χ1v) is 7.14. The first-order valence-electron chi connectivity index (χ1n) is 7.14. The fraction of sp³-hybridized carbons (Fsp3) is 0.500. The second kappa shape index (κ2) is 7.39. The van der Waals surface area contributed by atoms with Crippen LogP contribution in [0.1, 0.15) is 10.4 Å². The second-order valence-electron chi connectivity index (χ2n) is 5.31. The van der Waals surface area contributed by atoms with Crippen molar-refractivity contribution in [1.82, 2.24) is 15.5 Å². The van der Waals surface area contributed by atoms with Crippen molar-refractivity contribution in [3.8, 4) is 0 Å². The molecule has 0 radical (unpaired) electrons. The van der Waals surface area contributed by atoms with Crippen molar-refractivity contribution in [2.24, 2.45) is 0 Å². The van der Waals surface area contributed by atoms with Crippen LogP contribution in [-0.2, 0) is 0 Å². The Kier molecular flexibility index (Phi) is 5.70. The maximum absolute atomic E-state index is 13.2. The topological polar surface area (TPSA) is 44.4 Å². The fourth-order valence-corrected chi connectivity index (χ4v) is 2.42. The summed E-state index contributed by atoms with van der Waals surface area (Å²) in [5, 5.41) is 4.91. The highest BCUT2D eigenvalue weighted by molar-refractivity contribution is 5.94. The average molecular weight is 355 g/mol. The van der Waals surface area contributed by atoms with Gasteiger partial charge in [0.05, 0.1) is 0 Å². The molecule has 1 unspecified atom stereocenters. The molecule has 1 fully saturated rings. The zero-order valence-electron chi connectivity index (χ0n) is 12.4. The summed E-state index contributed by atoms with van der Waals surface area (Å²) in [4.78, 5) is 13.0. The lowest BCUT2D eigenvalue weighted by Gasteiger charge is -2.35. The molecule has 0 aromatic heterocycles. The summed E-state index contributed by atoms with van der Waals surface area (Å²) >= 11 is 0. The van der Waals surface area contributed by atoms with E-state index >= 15 is 0 Å². The number of benzene rings is 1. The van der Waals surface area contributed by atoms with Crippen molar-refractivity contribution in [3.05, 3.63) is 35.1 Å². The SMILES string of the molecule is O=C(NCC(N1CCNCC1)C(F)(F)F)c1cc(F)c(F)c(F)c1. The summed E-state index contributed by atoms with van der Waals surface area (Å²) in [6.07, 6.45) is -4.58. The van der Waals surface area contributed by atoms with Gasteiger partial charge in [-0.1, -0.05) is 0 Å². The van der Waals surface area contributed by atoms with Crippen molar-refractivity contribution in [1.29, 1.82) is 0 Å². The van der Waals surface area contributed by atoms with Gasteiger partial charge in [-0.05, 0) is 12.1 Å². The third kappa shape index (κ3) is 4.38. The fourth-order valence-electron chi connectivity index (χ4n) is 2.42. The molecule has 134 valence electrons. The molecule has 1 aliphatic heterocycles. The number of nitrogens with zero attached hydrogens (tertiary/aromatic N) is 1. The Morgan fingerprint density at radius 1 is 1.17 bits per heavy atom. The molecular formula is C14H15F6N3O. The van der Waals surface area contributed by atoms with E-state index < -0.39 is 47.7 Å². The molecule has 0 aliphatic carbocycles. The summed E-state index contributed by atoms with van der Waals surface area (Å²) in [6, 6.07) is -1.05. The van der Waals surface area contributed by atoms with Crippen molar-refractivity contribution >= 4 is 5.91 Å². The predicted octanol–water partition coefficient (Wildman–Crippen LogP) is 1.67. The lowest BCUT2D eigenvalue weighted by Crippen LogP contribution is -2.57. The van der Waals surface area contributed by atoms with E-state index in [1.54, 1.807) is 0 Å². The lowest BCUT2D eigenvalue weighted by atomic mass is 10.1. The molecule has 1 aromatic rings. The maximum Gasteiger partial charge on any atom is 0.405 e. The molecule has 2 N–H and O–H groups in total. The van der Waals surface area contributed by atoms with Crippen LogP contribution in [0.5, 0.6) is 0 Å². The Hall–Kier alpha value is -1.81. The van der Waals surface area contributed by atoms with Crippen LogP contribution in [0.25, 0.3) is 0 Å². The van der Waals surface area contributed by atoms with Crippen molar-refractivity contribution < 1.29 is 31.1 Å². The molecular weight excluding hydrogens is 340 g/mol. The van der Waals surface area contributed by atoms with Crippen LogP contribution in [0.4, 0.5) is 26.3 Å². The second-order valence-corrected chi connectivity index (χ2v) is 5.31. The highest BCUT2D eigenvalue weighted by atomic mass is 19.4. The first-order chi connectivity index (χ1) is 11.2. The van der Waals surface area contributed by atoms with E-state index in [0.29, 0.717) is 25.2 Å². The molecule has 1 heterocycles. The Labute approximate surface area is 133 Å². The van der Waals surface area contributed by atoms with Gasteiger partial charge in [0.2, 0.25) is 0 Å². The quantitative estimate of drug-likeness (QED) is 0.638. The molecule has 4 nitrogen and oxygen atoms in total. The number of carbonyl (C=O) groups excluding carboxylic acids is 1. The van der Waals surface area contributed by atoms with Crippen LogP contribution in [0.15, 0.2) is 12.1 Å². The smallest absolute Gasteiger partial charge is 0.350 e. The monoisotopic (exact) mass is 355 g/mol. The molecule has 24 heavy (non-hydrogen) atoms. The minimum atomic E-state index is -4.58. The van der Waals surface area contributed by atoms with Gasteiger partial charge in [-0.2, -0.15) is 13.2 Å². The molecule has 1 saturated heterocycles. The van der Waals surface area contributed by atoms with E-state index in [0.717, 1.165) is 0 Å². The Morgan fingerprint density at radius 2 is 1.71 bits per heavy atom. The number of alkyl halides is 3. The van der Waals surface area contributed by atoms with E-state index in [1.165, 1.54) is 4.90 Å². The number of halogens is 6. The van der Waals surface area contributed by atoms with Gasteiger partial charge in [-0.15, -0.1) is 0 Å². The van der Waals surface area contributed by atoms with Crippen LogP contribution in [0.3, 0.4) is 0 Å². The number of piperazine rings is 1. The van der Waals surface area contributed by atoms with Gasteiger partial charge in [-0.3, -0.25) is 9.69 Å². The van der Waals surface area contributed by atoms with Crippen molar-refractivity contribution in [2.75, 3.05) is 32.7 Å². The standard InChI is InChI=1S/C14H15F6N3O/c15-9-5-8(6-10(16)12(9)17)13(24)22-7-11(14(18,19)20)23-3-1-21-2-4-23/h5-6,11,21H,1-4,7H2,(H,22,24). The Bertz CT molecular complexity index is 578. The van der Waals surface area contributed by atoms with E-state index in [1.807, 2.05) is 5.32 Å². The van der Waals surface area contributed by atoms with E-state index in [4.69, 9.17) is 0 Å². The normalized spacial score (nSPS) is 17.6. The number of hydrogen-bond donors (Lipinski definition) is 2. The summed E-state index contributed by atoms with van der Waals surface area (Å²) in [6.45, 7) is 0.298. The van der Waals surface area contributed by atoms with Gasteiger partial charge in [0.25, 0.3) is 5.91 Å². The summed E-state index contributed by atoms with van der Waals surface area (Å²) in [5.74, 6) is -6.04. The van der Waals surface area contributed by atoms with Gasteiger partial charge in [0, 0.05) is 38.3 Å². The number of amides is 1. The number of carbonyl (C=O) groups is 1.